The Morgan fingerprint density at radius 1 is 1.39 bits per heavy atom. The van der Waals surface area contributed by atoms with E-state index in [1.165, 1.54) is 12.1 Å². The van der Waals surface area contributed by atoms with Crippen molar-refractivity contribution in [1.82, 2.24) is 5.32 Å². The van der Waals surface area contributed by atoms with Crippen LogP contribution in [0.2, 0.25) is 0 Å². The van der Waals surface area contributed by atoms with Crippen LogP contribution >= 0.6 is 0 Å². The molecule has 0 atom stereocenters. The van der Waals surface area contributed by atoms with Gasteiger partial charge in [0.2, 0.25) is 0 Å². The Morgan fingerprint density at radius 2 is 2.00 bits per heavy atom. The Hall–Kier alpha value is -1.69. The molecule has 0 aromatic heterocycles. The number of primary amides is 1. The van der Waals surface area contributed by atoms with Gasteiger partial charge in [0.1, 0.15) is 0 Å². The number of rotatable bonds is 7. The van der Waals surface area contributed by atoms with Crippen molar-refractivity contribution in [3.8, 4) is 5.75 Å². The number of carbonyl (C=O) groups excluding carboxylic acids is 1. The summed E-state index contributed by atoms with van der Waals surface area (Å²) in [7, 11) is 0. The van der Waals surface area contributed by atoms with E-state index in [2.05, 4.69) is 10.1 Å². The van der Waals surface area contributed by atoms with Crippen LogP contribution < -0.4 is 15.8 Å². The summed E-state index contributed by atoms with van der Waals surface area (Å²) in [6.07, 6.45) is 0.935. The minimum atomic E-state index is -0.843. The van der Waals surface area contributed by atoms with Gasteiger partial charge in [-0.05, 0) is 30.7 Å². The van der Waals surface area contributed by atoms with Crippen LogP contribution in [0.1, 0.15) is 18.9 Å². The number of amides is 1. The maximum atomic E-state index is 13.5. The molecule has 0 heterocycles. The molecule has 4 nitrogen and oxygen atoms in total. The Labute approximate surface area is 104 Å². The second-order valence-corrected chi connectivity index (χ2v) is 3.82. The first-order valence-corrected chi connectivity index (χ1v) is 5.64. The average Bonchev–Trinajstić information content (AvgIpc) is 2.28. The lowest BCUT2D eigenvalue weighted by Gasteiger charge is -2.09. The summed E-state index contributed by atoms with van der Waals surface area (Å²) in [5.41, 5.74) is 5.31. The number of nitrogens with two attached hydrogens (primary N) is 1. The normalized spacial score (nSPS) is 10.4. The number of benzene rings is 1. The molecule has 1 amide bonds. The molecule has 1 rings (SSSR count). The lowest BCUT2D eigenvalue weighted by molar-refractivity contribution is -0.120. The van der Waals surface area contributed by atoms with Crippen LogP contribution in [0.25, 0.3) is 0 Å². The largest absolute Gasteiger partial charge is 0.478 e. The summed E-state index contributed by atoms with van der Waals surface area (Å²) < 4.78 is 31.7. The Kier molecular flexibility index (Phi) is 5.51. The van der Waals surface area contributed by atoms with Gasteiger partial charge in [0.05, 0.1) is 0 Å². The molecule has 0 spiro atoms. The van der Waals surface area contributed by atoms with Crippen LogP contribution in [0.5, 0.6) is 5.75 Å². The minimum absolute atomic E-state index is 0.373. The van der Waals surface area contributed by atoms with Crippen LogP contribution in [0, 0.1) is 11.6 Å². The van der Waals surface area contributed by atoms with Crippen molar-refractivity contribution in [1.29, 1.82) is 0 Å². The first kappa shape index (κ1) is 14.4. The number of nitrogens with one attached hydrogen (secondary N) is 1. The first-order valence-electron chi connectivity index (χ1n) is 5.64. The van der Waals surface area contributed by atoms with Gasteiger partial charge < -0.3 is 15.8 Å². The van der Waals surface area contributed by atoms with E-state index in [0.29, 0.717) is 12.1 Å². The Balaban J connectivity index is 2.74. The highest BCUT2D eigenvalue weighted by Crippen LogP contribution is 2.23. The van der Waals surface area contributed by atoms with E-state index in [-0.39, 0.29) is 0 Å². The zero-order valence-corrected chi connectivity index (χ0v) is 10.1. The molecule has 0 saturated carbocycles. The highest BCUT2D eigenvalue weighted by atomic mass is 19.1. The molecule has 100 valence electrons. The number of halogens is 2. The van der Waals surface area contributed by atoms with Gasteiger partial charge in [-0.2, -0.15) is 0 Å². The highest BCUT2D eigenvalue weighted by molar-refractivity contribution is 5.75. The molecule has 0 radical (unpaired) electrons. The fraction of sp³-hybridized carbons (Fsp3) is 0.417. The van der Waals surface area contributed by atoms with Crippen LogP contribution in [-0.2, 0) is 11.3 Å². The third-order valence-corrected chi connectivity index (χ3v) is 2.17. The van der Waals surface area contributed by atoms with Gasteiger partial charge in [-0.15, -0.1) is 0 Å². The van der Waals surface area contributed by atoms with Crippen molar-refractivity contribution >= 4 is 5.91 Å². The number of carbonyl (C=O) groups is 1. The molecule has 3 N–H and O–H groups in total. The molecule has 0 fully saturated rings. The molecular formula is C12H16F2N2O2. The zero-order valence-electron chi connectivity index (χ0n) is 10.1. The summed E-state index contributed by atoms with van der Waals surface area (Å²) in [6.45, 7) is 2.58. The fourth-order valence-corrected chi connectivity index (χ4v) is 1.41. The molecule has 0 bridgehead atoms. The standard InChI is InChI=1S/C12H16F2N2O2/c1-2-3-16-6-8-4-9(13)12(10(14)5-8)18-7-11(15)17/h4-5,16H,2-3,6-7H2,1H3,(H2,15,17). The van der Waals surface area contributed by atoms with Crippen molar-refractivity contribution in [2.24, 2.45) is 5.73 Å². The quantitative estimate of drug-likeness (QED) is 0.725. The lowest BCUT2D eigenvalue weighted by atomic mass is 10.2. The van der Waals surface area contributed by atoms with E-state index in [1.807, 2.05) is 6.92 Å². The number of hydrogen-bond donors (Lipinski definition) is 2. The van der Waals surface area contributed by atoms with Crippen molar-refractivity contribution in [2.45, 2.75) is 19.9 Å². The molecule has 0 saturated heterocycles. The predicted molar refractivity (Wildman–Crippen MR) is 63.0 cm³/mol. The fourth-order valence-electron chi connectivity index (χ4n) is 1.41. The molecule has 0 aliphatic carbocycles. The number of hydrogen-bond acceptors (Lipinski definition) is 3. The molecule has 0 aliphatic rings. The summed E-state index contributed by atoms with van der Waals surface area (Å²) in [4.78, 5) is 10.5. The molecule has 0 unspecified atom stereocenters. The molecule has 1 aromatic rings. The van der Waals surface area contributed by atoms with Gasteiger partial charge in [0.15, 0.2) is 24.0 Å². The number of ether oxygens (including phenoxy) is 1. The van der Waals surface area contributed by atoms with Gasteiger partial charge in [-0.1, -0.05) is 6.92 Å². The first-order chi connectivity index (χ1) is 8.54. The van der Waals surface area contributed by atoms with E-state index in [1.54, 1.807) is 0 Å². The van der Waals surface area contributed by atoms with Crippen molar-refractivity contribution in [3.63, 3.8) is 0 Å². The Bertz CT molecular complexity index is 402. The smallest absolute Gasteiger partial charge is 0.255 e. The van der Waals surface area contributed by atoms with E-state index in [9.17, 15) is 13.6 Å². The topological polar surface area (TPSA) is 64.3 Å². The third kappa shape index (κ3) is 4.29. The van der Waals surface area contributed by atoms with Crippen LogP contribution in [0.4, 0.5) is 8.78 Å². The third-order valence-electron chi connectivity index (χ3n) is 2.17. The molecule has 18 heavy (non-hydrogen) atoms. The van der Waals surface area contributed by atoms with Crippen LogP contribution in [0.15, 0.2) is 12.1 Å². The molecule has 1 aromatic carbocycles. The second-order valence-electron chi connectivity index (χ2n) is 3.82. The van der Waals surface area contributed by atoms with E-state index in [0.717, 1.165) is 13.0 Å². The summed E-state index contributed by atoms with van der Waals surface area (Å²) in [5.74, 6) is -3.05. The molecule has 6 heteroatoms. The second kappa shape index (κ2) is 6.90. The lowest BCUT2D eigenvalue weighted by Crippen LogP contribution is -2.21. The zero-order chi connectivity index (χ0) is 13.5. The van der Waals surface area contributed by atoms with Gasteiger partial charge in [-0.3, -0.25) is 4.79 Å². The Morgan fingerprint density at radius 3 is 2.50 bits per heavy atom. The van der Waals surface area contributed by atoms with Gasteiger partial charge in [0, 0.05) is 6.54 Å². The summed E-state index contributed by atoms with van der Waals surface area (Å²) in [6, 6.07) is 2.34. The van der Waals surface area contributed by atoms with Gasteiger partial charge in [-0.25, -0.2) is 8.78 Å². The van der Waals surface area contributed by atoms with E-state index in [4.69, 9.17) is 5.73 Å². The van der Waals surface area contributed by atoms with Crippen molar-refractivity contribution in [2.75, 3.05) is 13.2 Å². The maximum Gasteiger partial charge on any atom is 0.255 e. The van der Waals surface area contributed by atoms with E-state index < -0.39 is 29.9 Å². The maximum absolute atomic E-state index is 13.5. The minimum Gasteiger partial charge on any atom is -0.478 e. The summed E-state index contributed by atoms with van der Waals surface area (Å²) >= 11 is 0. The van der Waals surface area contributed by atoms with Gasteiger partial charge >= 0.3 is 0 Å². The van der Waals surface area contributed by atoms with Crippen LogP contribution in [0.3, 0.4) is 0 Å². The van der Waals surface area contributed by atoms with Crippen LogP contribution in [-0.4, -0.2) is 19.1 Å². The van der Waals surface area contributed by atoms with Crippen molar-refractivity contribution in [3.05, 3.63) is 29.3 Å². The monoisotopic (exact) mass is 258 g/mol. The molecule has 0 aliphatic heterocycles. The highest BCUT2D eigenvalue weighted by Gasteiger charge is 2.13. The average molecular weight is 258 g/mol. The van der Waals surface area contributed by atoms with E-state index >= 15 is 0 Å². The van der Waals surface area contributed by atoms with Gasteiger partial charge in [0.25, 0.3) is 5.91 Å². The SMILES string of the molecule is CCCNCc1cc(F)c(OCC(N)=O)c(F)c1. The molecular weight excluding hydrogens is 242 g/mol. The summed E-state index contributed by atoms with van der Waals surface area (Å²) in [5, 5.41) is 3.03. The van der Waals surface area contributed by atoms with Crippen molar-refractivity contribution < 1.29 is 18.3 Å². The predicted octanol–water partition coefficient (Wildman–Crippen LogP) is 1.33.